The van der Waals surface area contributed by atoms with Crippen molar-refractivity contribution in [1.29, 1.82) is 0 Å². The number of aryl methyl sites for hydroxylation is 1. The first-order chi connectivity index (χ1) is 10.3. The van der Waals surface area contributed by atoms with Crippen molar-refractivity contribution in [1.82, 2.24) is 4.98 Å². The molecular weight excluding hydrogens is 260 g/mol. The molecule has 21 heavy (non-hydrogen) atoms. The summed E-state index contributed by atoms with van der Waals surface area (Å²) >= 11 is 0. The number of aromatic nitrogens is 1. The fraction of sp³-hybridized carbons (Fsp3) is 0.222. The molecule has 3 nitrogen and oxygen atoms in total. The highest BCUT2D eigenvalue weighted by Crippen LogP contribution is 2.32. The highest BCUT2D eigenvalue weighted by Gasteiger charge is 2.17. The van der Waals surface area contributed by atoms with Crippen molar-refractivity contribution >= 4 is 11.7 Å². The van der Waals surface area contributed by atoms with E-state index in [0.29, 0.717) is 11.7 Å². The predicted molar refractivity (Wildman–Crippen MR) is 84.1 cm³/mol. The van der Waals surface area contributed by atoms with Gasteiger partial charge in [0.2, 0.25) is 5.91 Å². The predicted octanol–water partition coefficient (Wildman–Crippen LogP) is 3.70. The van der Waals surface area contributed by atoms with Crippen molar-refractivity contribution in [2.45, 2.75) is 25.2 Å². The molecule has 1 aliphatic carbocycles. The van der Waals surface area contributed by atoms with E-state index in [1.807, 2.05) is 18.2 Å². The molecule has 2 aromatic rings. The minimum Gasteiger partial charge on any atom is -0.307 e. The highest BCUT2D eigenvalue weighted by atomic mass is 16.1. The van der Waals surface area contributed by atoms with Crippen LogP contribution in [0.2, 0.25) is 0 Å². The van der Waals surface area contributed by atoms with Gasteiger partial charge >= 0.3 is 0 Å². The van der Waals surface area contributed by atoms with Crippen LogP contribution >= 0.6 is 0 Å². The molecular formula is C18H18N2O. The molecule has 0 saturated heterocycles. The van der Waals surface area contributed by atoms with Crippen molar-refractivity contribution in [3.8, 4) is 0 Å². The first-order valence-corrected chi connectivity index (χ1v) is 7.31. The molecule has 1 amide bonds. The van der Waals surface area contributed by atoms with Gasteiger partial charge in [0.1, 0.15) is 5.82 Å². The molecule has 1 aliphatic rings. The van der Waals surface area contributed by atoms with Gasteiger partial charge in [0.25, 0.3) is 0 Å². The van der Waals surface area contributed by atoms with Gasteiger partial charge in [-0.2, -0.15) is 0 Å². The van der Waals surface area contributed by atoms with E-state index in [2.05, 4.69) is 34.6 Å². The van der Waals surface area contributed by atoms with Crippen LogP contribution in [0.1, 0.15) is 29.9 Å². The lowest BCUT2D eigenvalue weighted by molar-refractivity contribution is -0.111. The number of nitrogens with one attached hydrogen (secondary N) is 1. The van der Waals surface area contributed by atoms with Crippen molar-refractivity contribution in [3.63, 3.8) is 0 Å². The van der Waals surface area contributed by atoms with E-state index in [9.17, 15) is 4.79 Å². The summed E-state index contributed by atoms with van der Waals surface area (Å²) in [6.45, 7) is 0. The Kier molecular flexibility index (Phi) is 4.10. The highest BCUT2D eigenvalue weighted by molar-refractivity contribution is 5.98. The number of fused-ring (bicyclic) bond motifs is 1. The maximum atomic E-state index is 11.9. The van der Waals surface area contributed by atoms with Gasteiger partial charge in [-0.3, -0.25) is 4.79 Å². The van der Waals surface area contributed by atoms with Crippen molar-refractivity contribution < 1.29 is 4.79 Å². The van der Waals surface area contributed by atoms with Gasteiger partial charge in [-0.05, 0) is 48.6 Å². The molecule has 1 heterocycles. The largest absolute Gasteiger partial charge is 0.307 e. The van der Waals surface area contributed by atoms with Gasteiger partial charge in [-0.15, -0.1) is 0 Å². The summed E-state index contributed by atoms with van der Waals surface area (Å²) in [7, 11) is 0. The molecule has 3 rings (SSSR count). The summed E-state index contributed by atoms with van der Waals surface area (Å²) in [5.41, 5.74) is 2.76. The first-order valence-electron chi connectivity index (χ1n) is 7.31. The van der Waals surface area contributed by atoms with Crippen LogP contribution in [0.4, 0.5) is 5.82 Å². The number of anilines is 1. The van der Waals surface area contributed by atoms with Gasteiger partial charge in [-0.25, -0.2) is 4.98 Å². The number of benzene rings is 1. The van der Waals surface area contributed by atoms with E-state index in [4.69, 9.17) is 0 Å². The Morgan fingerprint density at radius 3 is 2.90 bits per heavy atom. The summed E-state index contributed by atoms with van der Waals surface area (Å²) < 4.78 is 0. The first kappa shape index (κ1) is 13.6. The third kappa shape index (κ3) is 3.37. The molecule has 0 spiro atoms. The number of allylic oxidation sites excluding steroid dienone is 1. The molecule has 0 radical (unpaired) electrons. The number of nitrogens with zero attached hydrogens (tertiary/aromatic N) is 1. The smallest absolute Gasteiger partial charge is 0.249 e. The summed E-state index contributed by atoms with van der Waals surface area (Å²) in [5, 5.41) is 2.77. The number of hydrogen-bond donors (Lipinski definition) is 1. The number of rotatable bonds is 3. The third-order valence-corrected chi connectivity index (χ3v) is 3.81. The zero-order chi connectivity index (χ0) is 14.5. The summed E-state index contributed by atoms with van der Waals surface area (Å²) in [4.78, 5) is 16.0. The Labute approximate surface area is 124 Å². The van der Waals surface area contributed by atoms with Crippen molar-refractivity contribution in [2.75, 3.05) is 5.32 Å². The van der Waals surface area contributed by atoms with Crippen LogP contribution in [0.3, 0.4) is 0 Å². The Morgan fingerprint density at radius 2 is 2.05 bits per heavy atom. The van der Waals surface area contributed by atoms with E-state index in [0.717, 1.165) is 12.8 Å². The fourth-order valence-corrected chi connectivity index (χ4v) is 2.80. The average Bonchev–Trinajstić information content (AvgIpc) is 2.54. The topological polar surface area (TPSA) is 42.0 Å². The second kappa shape index (κ2) is 6.35. The second-order valence-corrected chi connectivity index (χ2v) is 5.26. The lowest BCUT2D eigenvalue weighted by atomic mass is 9.83. The molecule has 1 aromatic carbocycles. The van der Waals surface area contributed by atoms with Gasteiger partial charge < -0.3 is 5.32 Å². The van der Waals surface area contributed by atoms with E-state index in [-0.39, 0.29) is 5.91 Å². The summed E-state index contributed by atoms with van der Waals surface area (Å²) in [6.07, 6.45) is 8.72. The Morgan fingerprint density at radius 1 is 1.19 bits per heavy atom. The summed E-state index contributed by atoms with van der Waals surface area (Å²) in [6, 6.07) is 14.0. The van der Waals surface area contributed by atoms with Gasteiger partial charge in [0.05, 0.1) is 0 Å². The Balaban J connectivity index is 1.68. The van der Waals surface area contributed by atoms with Crippen LogP contribution < -0.4 is 5.32 Å². The number of carbonyl (C=O) groups is 1. The monoisotopic (exact) mass is 278 g/mol. The fourth-order valence-electron chi connectivity index (χ4n) is 2.80. The molecule has 1 atom stereocenters. The number of pyridine rings is 1. The van der Waals surface area contributed by atoms with Crippen LogP contribution in [0.25, 0.3) is 0 Å². The van der Waals surface area contributed by atoms with E-state index in [1.165, 1.54) is 17.5 Å². The molecule has 1 aromatic heterocycles. The standard InChI is InChI=1S/C18H18N2O/c21-18(20-17-10-3-4-13-19-17)12-11-15-8-5-7-14-6-1-2-9-16(14)15/h1-4,6,9-13,15H,5,7-8H2,(H,19,20,21)/b12-11+. The lowest BCUT2D eigenvalue weighted by Crippen LogP contribution is -2.11. The number of hydrogen-bond acceptors (Lipinski definition) is 2. The zero-order valence-electron chi connectivity index (χ0n) is 11.8. The van der Waals surface area contributed by atoms with Crippen LogP contribution in [0, 0.1) is 0 Å². The number of amides is 1. The molecule has 0 aliphatic heterocycles. The molecule has 1 unspecified atom stereocenters. The Hall–Kier alpha value is -2.42. The quantitative estimate of drug-likeness (QED) is 0.870. The lowest BCUT2D eigenvalue weighted by Gasteiger charge is -2.22. The molecule has 0 bridgehead atoms. The van der Waals surface area contributed by atoms with Crippen molar-refractivity contribution in [2.24, 2.45) is 0 Å². The minimum absolute atomic E-state index is 0.128. The summed E-state index contributed by atoms with van der Waals surface area (Å²) in [5.74, 6) is 0.789. The number of carbonyl (C=O) groups excluding carboxylic acids is 1. The van der Waals surface area contributed by atoms with E-state index >= 15 is 0 Å². The molecule has 3 heteroatoms. The van der Waals surface area contributed by atoms with Crippen molar-refractivity contribution in [3.05, 3.63) is 71.9 Å². The van der Waals surface area contributed by atoms with E-state index in [1.54, 1.807) is 18.3 Å². The maximum Gasteiger partial charge on any atom is 0.249 e. The normalized spacial score (nSPS) is 17.4. The molecule has 0 fully saturated rings. The maximum absolute atomic E-state index is 11.9. The Bertz CT molecular complexity index is 649. The molecule has 106 valence electrons. The van der Waals surface area contributed by atoms with Gasteiger partial charge in [0, 0.05) is 12.1 Å². The second-order valence-electron chi connectivity index (χ2n) is 5.26. The van der Waals surface area contributed by atoms with Gasteiger partial charge in [-0.1, -0.05) is 36.4 Å². The van der Waals surface area contributed by atoms with Crippen LogP contribution in [0.5, 0.6) is 0 Å². The van der Waals surface area contributed by atoms with Crippen LogP contribution in [0.15, 0.2) is 60.8 Å². The third-order valence-electron chi connectivity index (χ3n) is 3.81. The molecule has 1 N–H and O–H groups in total. The van der Waals surface area contributed by atoms with Crippen LogP contribution in [-0.2, 0) is 11.2 Å². The van der Waals surface area contributed by atoms with Crippen LogP contribution in [-0.4, -0.2) is 10.9 Å². The minimum atomic E-state index is -0.128. The zero-order valence-corrected chi connectivity index (χ0v) is 11.8. The van der Waals surface area contributed by atoms with E-state index < -0.39 is 0 Å². The van der Waals surface area contributed by atoms with Gasteiger partial charge in [0.15, 0.2) is 0 Å². The SMILES string of the molecule is O=C(/C=C/C1CCCc2ccccc21)Nc1ccccn1. The average molecular weight is 278 g/mol. The molecule has 0 saturated carbocycles.